The van der Waals surface area contributed by atoms with Crippen LogP contribution in [0.3, 0.4) is 0 Å². The molecule has 0 aliphatic carbocycles. The molecule has 0 saturated heterocycles. The third-order valence-corrected chi connectivity index (χ3v) is 3.49. The van der Waals surface area contributed by atoms with E-state index in [2.05, 4.69) is 20.8 Å². The third kappa shape index (κ3) is 5.52. The van der Waals surface area contributed by atoms with Gasteiger partial charge in [0.05, 0.1) is 6.42 Å². The maximum Gasteiger partial charge on any atom is 0.303 e. The molecule has 106 valence electrons. The van der Waals surface area contributed by atoms with Crippen LogP contribution in [0.5, 0.6) is 0 Å². The summed E-state index contributed by atoms with van der Waals surface area (Å²) < 4.78 is 0. The standard InChI is InChI=1S/C14H27NO3/c1-10(13(2,3)4)15(7)11(16)8-14(5,6)9-12(17)18/h10H,8-9H2,1-7H3,(H,17,18). The first kappa shape index (κ1) is 16.9. The molecule has 1 atom stereocenters. The molecule has 4 nitrogen and oxygen atoms in total. The summed E-state index contributed by atoms with van der Waals surface area (Å²) in [5, 5.41) is 8.81. The minimum absolute atomic E-state index is 0.00340. The molecule has 0 aliphatic heterocycles. The number of amides is 1. The first-order valence-corrected chi connectivity index (χ1v) is 6.34. The molecule has 0 fully saturated rings. The van der Waals surface area contributed by atoms with Gasteiger partial charge in [-0.2, -0.15) is 0 Å². The molecule has 1 amide bonds. The largest absolute Gasteiger partial charge is 0.481 e. The highest BCUT2D eigenvalue weighted by atomic mass is 16.4. The fourth-order valence-corrected chi connectivity index (χ4v) is 1.80. The zero-order valence-electron chi connectivity index (χ0n) is 12.7. The number of carboxylic acid groups (broad SMARTS) is 1. The van der Waals surface area contributed by atoms with Crippen LogP contribution in [-0.4, -0.2) is 35.0 Å². The van der Waals surface area contributed by atoms with Crippen LogP contribution in [0.1, 0.15) is 54.4 Å². The molecule has 0 spiro atoms. The van der Waals surface area contributed by atoms with E-state index in [4.69, 9.17) is 5.11 Å². The highest BCUT2D eigenvalue weighted by Gasteiger charge is 2.31. The second-order valence-corrected chi connectivity index (χ2v) is 6.96. The van der Waals surface area contributed by atoms with Crippen molar-refractivity contribution in [1.29, 1.82) is 0 Å². The molecule has 0 saturated carbocycles. The Kier molecular flexibility index (Phi) is 5.38. The van der Waals surface area contributed by atoms with E-state index in [-0.39, 0.29) is 30.2 Å². The van der Waals surface area contributed by atoms with Gasteiger partial charge < -0.3 is 10.0 Å². The van der Waals surface area contributed by atoms with Crippen LogP contribution in [0.4, 0.5) is 0 Å². The number of aliphatic carboxylic acids is 1. The summed E-state index contributed by atoms with van der Waals surface area (Å²) >= 11 is 0. The number of rotatable bonds is 5. The molecule has 4 heteroatoms. The average molecular weight is 257 g/mol. The number of nitrogens with zero attached hydrogens (tertiary/aromatic N) is 1. The molecule has 18 heavy (non-hydrogen) atoms. The van der Waals surface area contributed by atoms with Gasteiger partial charge >= 0.3 is 5.97 Å². The lowest BCUT2D eigenvalue weighted by atomic mass is 9.83. The van der Waals surface area contributed by atoms with Gasteiger partial charge in [0.2, 0.25) is 5.91 Å². The number of hydrogen-bond donors (Lipinski definition) is 1. The van der Waals surface area contributed by atoms with Crippen molar-refractivity contribution in [1.82, 2.24) is 4.90 Å². The van der Waals surface area contributed by atoms with E-state index in [9.17, 15) is 9.59 Å². The second kappa shape index (κ2) is 5.72. The van der Waals surface area contributed by atoms with Crippen LogP contribution in [-0.2, 0) is 9.59 Å². The smallest absolute Gasteiger partial charge is 0.303 e. The Hall–Kier alpha value is -1.06. The van der Waals surface area contributed by atoms with E-state index in [1.54, 1.807) is 11.9 Å². The van der Waals surface area contributed by atoms with Crippen molar-refractivity contribution in [3.05, 3.63) is 0 Å². The fraction of sp³-hybridized carbons (Fsp3) is 0.857. The molecule has 0 aromatic heterocycles. The Bertz CT molecular complexity index is 315. The summed E-state index contributed by atoms with van der Waals surface area (Å²) in [6.45, 7) is 11.9. The number of carbonyl (C=O) groups excluding carboxylic acids is 1. The SMILES string of the molecule is CC(N(C)C(=O)CC(C)(C)CC(=O)O)C(C)(C)C. The fourth-order valence-electron chi connectivity index (χ4n) is 1.80. The average Bonchev–Trinajstić information content (AvgIpc) is 2.10. The van der Waals surface area contributed by atoms with Gasteiger partial charge in [-0.05, 0) is 17.8 Å². The normalized spacial score (nSPS) is 14.2. The summed E-state index contributed by atoms with van der Waals surface area (Å²) in [5.41, 5.74) is -0.490. The van der Waals surface area contributed by atoms with Gasteiger partial charge in [-0.15, -0.1) is 0 Å². The Balaban J connectivity index is 4.63. The van der Waals surface area contributed by atoms with Crippen LogP contribution in [0, 0.1) is 10.8 Å². The number of hydrogen-bond acceptors (Lipinski definition) is 2. The topological polar surface area (TPSA) is 57.6 Å². The molecule has 0 rings (SSSR count). The van der Waals surface area contributed by atoms with Crippen molar-refractivity contribution in [3.8, 4) is 0 Å². The van der Waals surface area contributed by atoms with Gasteiger partial charge in [-0.3, -0.25) is 9.59 Å². The molecule has 1 N–H and O–H groups in total. The van der Waals surface area contributed by atoms with E-state index in [1.165, 1.54) is 0 Å². The quantitative estimate of drug-likeness (QED) is 0.824. The third-order valence-electron chi connectivity index (χ3n) is 3.49. The summed E-state index contributed by atoms with van der Waals surface area (Å²) in [5.74, 6) is -0.858. The Morgan fingerprint density at radius 1 is 1.11 bits per heavy atom. The predicted molar refractivity (Wildman–Crippen MR) is 72.3 cm³/mol. The van der Waals surface area contributed by atoms with Gasteiger partial charge in [0.1, 0.15) is 0 Å². The minimum atomic E-state index is -0.862. The molecule has 0 aliphatic rings. The van der Waals surface area contributed by atoms with Gasteiger partial charge in [0.15, 0.2) is 0 Å². The zero-order valence-corrected chi connectivity index (χ0v) is 12.7. The predicted octanol–water partition coefficient (Wildman–Crippen LogP) is 2.77. The Morgan fingerprint density at radius 3 is 1.89 bits per heavy atom. The lowest BCUT2D eigenvalue weighted by Gasteiger charge is -2.37. The Labute approximate surface area is 110 Å². The summed E-state index contributed by atoms with van der Waals surface area (Å²) in [6, 6.07) is 0.116. The van der Waals surface area contributed by atoms with Crippen LogP contribution in [0.15, 0.2) is 0 Å². The summed E-state index contributed by atoms with van der Waals surface area (Å²) in [4.78, 5) is 24.6. The molecule has 0 radical (unpaired) electrons. The number of carboxylic acids is 1. The lowest BCUT2D eigenvalue weighted by molar-refractivity contribution is -0.141. The summed E-state index contributed by atoms with van der Waals surface area (Å²) in [6.07, 6.45) is 0.271. The molecule has 0 heterocycles. The van der Waals surface area contributed by atoms with Crippen LogP contribution < -0.4 is 0 Å². The zero-order chi connectivity index (χ0) is 14.7. The Morgan fingerprint density at radius 2 is 1.56 bits per heavy atom. The van der Waals surface area contributed by atoms with Crippen LogP contribution in [0.25, 0.3) is 0 Å². The van der Waals surface area contributed by atoms with E-state index >= 15 is 0 Å². The van der Waals surface area contributed by atoms with E-state index in [0.717, 1.165) is 0 Å². The van der Waals surface area contributed by atoms with E-state index in [1.807, 2.05) is 20.8 Å². The monoisotopic (exact) mass is 257 g/mol. The van der Waals surface area contributed by atoms with Crippen molar-refractivity contribution in [2.45, 2.75) is 60.4 Å². The van der Waals surface area contributed by atoms with Crippen molar-refractivity contribution in [2.75, 3.05) is 7.05 Å². The molecular weight excluding hydrogens is 230 g/mol. The van der Waals surface area contributed by atoms with Crippen molar-refractivity contribution in [2.24, 2.45) is 10.8 Å². The number of carbonyl (C=O) groups is 2. The van der Waals surface area contributed by atoms with E-state index < -0.39 is 11.4 Å². The summed E-state index contributed by atoms with van der Waals surface area (Å²) in [7, 11) is 1.79. The van der Waals surface area contributed by atoms with Gasteiger partial charge in [0, 0.05) is 19.5 Å². The van der Waals surface area contributed by atoms with Crippen LogP contribution >= 0.6 is 0 Å². The first-order valence-electron chi connectivity index (χ1n) is 6.34. The maximum atomic E-state index is 12.2. The molecule has 0 bridgehead atoms. The highest BCUT2D eigenvalue weighted by molar-refractivity contribution is 5.78. The first-order chi connectivity index (χ1) is 7.87. The molecule has 0 aromatic carbocycles. The second-order valence-electron chi connectivity index (χ2n) is 6.96. The minimum Gasteiger partial charge on any atom is -0.481 e. The maximum absolute atomic E-state index is 12.2. The van der Waals surface area contributed by atoms with Gasteiger partial charge in [-0.1, -0.05) is 34.6 Å². The molecule has 1 unspecified atom stereocenters. The van der Waals surface area contributed by atoms with Gasteiger partial charge in [-0.25, -0.2) is 0 Å². The van der Waals surface area contributed by atoms with E-state index in [0.29, 0.717) is 0 Å². The van der Waals surface area contributed by atoms with Crippen molar-refractivity contribution < 1.29 is 14.7 Å². The van der Waals surface area contributed by atoms with Crippen molar-refractivity contribution in [3.63, 3.8) is 0 Å². The highest BCUT2D eigenvalue weighted by Crippen LogP contribution is 2.28. The van der Waals surface area contributed by atoms with Crippen molar-refractivity contribution >= 4 is 11.9 Å². The van der Waals surface area contributed by atoms with Gasteiger partial charge in [0.25, 0.3) is 0 Å². The van der Waals surface area contributed by atoms with Crippen LogP contribution in [0.2, 0.25) is 0 Å². The molecular formula is C14H27NO3. The lowest BCUT2D eigenvalue weighted by Crippen LogP contribution is -2.44. The molecule has 0 aromatic rings.